The first-order valence-corrected chi connectivity index (χ1v) is 4.80. The van der Waals surface area contributed by atoms with Crippen LogP contribution in [0.25, 0.3) is 0 Å². The molecule has 13 heavy (non-hydrogen) atoms. The second-order valence-electron chi connectivity index (χ2n) is 3.35. The molecule has 0 heterocycles. The van der Waals surface area contributed by atoms with Crippen molar-refractivity contribution in [1.29, 1.82) is 0 Å². The van der Waals surface area contributed by atoms with E-state index >= 15 is 0 Å². The van der Waals surface area contributed by atoms with Gasteiger partial charge in [0.1, 0.15) is 6.04 Å². The molecule has 1 nitrogen and oxygen atoms in total. The molecular formula is C9H18F3N. The molecule has 0 aliphatic carbocycles. The fourth-order valence-corrected chi connectivity index (χ4v) is 1.13. The number of hydrogen-bond donors (Lipinski definition) is 1. The smallest absolute Gasteiger partial charge is 0.320 e. The first kappa shape index (κ1) is 12.8. The second-order valence-corrected chi connectivity index (χ2v) is 3.35. The van der Waals surface area contributed by atoms with Crippen LogP contribution < -0.4 is 5.73 Å². The van der Waals surface area contributed by atoms with E-state index in [1.165, 1.54) is 0 Å². The van der Waals surface area contributed by atoms with Gasteiger partial charge in [0.05, 0.1) is 0 Å². The largest absolute Gasteiger partial charge is 0.403 e. The Morgan fingerprint density at radius 2 is 1.62 bits per heavy atom. The summed E-state index contributed by atoms with van der Waals surface area (Å²) in [6.45, 7) is 2.07. The summed E-state index contributed by atoms with van der Waals surface area (Å²) >= 11 is 0. The maximum atomic E-state index is 11.9. The molecule has 0 amide bonds. The highest BCUT2D eigenvalue weighted by molar-refractivity contribution is 4.69. The molecule has 0 aliphatic rings. The van der Waals surface area contributed by atoms with Crippen LogP contribution in [-0.2, 0) is 0 Å². The van der Waals surface area contributed by atoms with Gasteiger partial charge in [0.2, 0.25) is 0 Å². The highest BCUT2D eigenvalue weighted by Gasteiger charge is 2.35. The summed E-state index contributed by atoms with van der Waals surface area (Å²) in [4.78, 5) is 0. The Hall–Kier alpha value is -0.250. The molecule has 0 rings (SSSR count). The quantitative estimate of drug-likeness (QED) is 0.650. The van der Waals surface area contributed by atoms with Crippen LogP contribution in [-0.4, -0.2) is 12.2 Å². The molecule has 0 bridgehead atoms. The SMILES string of the molecule is CCCCCCC[C@H](N)C(F)(F)F. The highest BCUT2D eigenvalue weighted by atomic mass is 19.4. The lowest BCUT2D eigenvalue weighted by atomic mass is 10.1. The Kier molecular flexibility index (Phi) is 6.12. The maximum Gasteiger partial charge on any atom is 0.403 e. The average Bonchev–Trinajstić information content (AvgIpc) is 2.02. The number of hydrogen-bond acceptors (Lipinski definition) is 1. The van der Waals surface area contributed by atoms with Gasteiger partial charge in [0.15, 0.2) is 0 Å². The first-order valence-electron chi connectivity index (χ1n) is 4.80. The molecule has 80 valence electrons. The number of unbranched alkanes of at least 4 members (excludes halogenated alkanes) is 4. The van der Waals surface area contributed by atoms with Crippen molar-refractivity contribution in [2.75, 3.05) is 0 Å². The minimum absolute atomic E-state index is 0.0627. The number of alkyl halides is 3. The van der Waals surface area contributed by atoms with Crippen LogP contribution in [0.1, 0.15) is 45.4 Å². The lowest BCUT2D eigenvalue weighted by molar-refractivity contribution is -0.149. The van der Waals surface area contributed by atoms with Crippen molar-refractivity contribution in [3.63, 3.8) is 0 Å². The van der Waals surface area contributed by atoms with Crippen LogP contribution in [0, 0.1) is 0 Å². The van der Waals surface area contributed by atoms with Gasteiger partial charge in [0, 0.05) is 0 Å². The predicted molar refractivity (Wildman–Crippen MR) is 47.4 cm³/mol. The van der Waals surface area contributed by atoms with Crippen molar-refractivity contribution in [1.82, 2.24) is 0 Å². The minimum atomic E-state index is -4.22. The van der Waals surface area contributed by atoms with E-state index in [4.69, 9.17) is 5.73 Å². The topological polar surface area (TPSA) is 26.0 Å². The van der Waals surface area contributed by atoms with E-state index in [1.807, 2.05) is 0 Å². The Morgan fingerprint density at radius 3 is 2.08 bits per heavy atom. The van der Waals surface area contributed by atoms with Gasteiger partial charge in [-0.1, -0.05) is 39.0 Å². The van der Waals surface area contributed by atoms with Crippen molar-refractivity contribution in [2.45, 2.75) is 57.7 Å². The summed E-state index contributed by atoms with van der Waals surface area (Å²) in [5.74, 6) is 0. The van der Waals surface area contributed by atoms with E-state index in [2.05, 4.69) is 6.92 Å². The van der Waals surface area contributed by atoms with Gasteiger partial charge in [-0.2, -0.15) is 13.2 Å². The molecule has 0 unspecified atom stereocenters. The Labute approximate surface area is 77.5 Å². The summed E-state index contributed by atoms with van der Waals surface area (Å²) in [6.07, 6.45) is 0.504. The van der Waals surface area contributed by atoms with Crippen LogP contribution in [0.5, 0.6) is 0 Å². The van der Waals surface area contributed by atoms with Crippen LogP contribution >= 0.6 is 0 Å². The summed E-state index contributed by atoms with van der Waals surface area (Å²) < 4.78 is 35.7. The van der Waals surface area contributed by atoms with Crippen LogP contribution in [0.15, 0.2) is 0 Å². The molecular weight excluding hydrogens is 179 g/mol. The fourth-order valence-electron chi connectivity index (χ4n) is 1.13. The van der Waals surface area contributed by atoms with E-state index in [0.717, 1.165) is 25.7 Å². The van der Waals surface area contributed by atoms with Crippen LogP contribution in [0.3, 0.4) is 0 Å². The van der Waals surface area contributed by atoms with Crippen LogP contribution in [0.4, 0.5) is 13.2 Å². The zero-order valence-electron chi connectivity index (χ0n) is 8.03. The molecule has 0 aromatic heterocycles. The zero-order chi connectivity index (χ0) is 10.3. The normalized spacial score (nSPS) is 14.5. The van der Waals surface area contributed by atoms with Gasteiger partial charge in [-0.25, -0.2) is 0 Å². The Balaban J connectivity index is 3.32. The van der Waals surface area contributed by atoms with Crippen molar-refractivity contribution >= 4 is 0 Å². The van der Waals surface area contributed by atoms with E-state index in [1.54, 1.807) is 0 Å². The molecule has 0 spiro atoms. The molecule has 1 atom stereocenters. The van der Waals surface area contributed by atoms with E-state index in [0.29, 0.717) is 6.42 Å². The van der Waals surface area contributed by atoms with Crippen molar-refractivity contribution < 1.29 is 13.2 Å². The third kappa shape index (κ3) is 6.87. The van der Waals surface area contributed by atoms with E-state index in [9.17, 15) is 13.2 Å². The Bertz CT molecular complexity index is 123. The van der Waals surface area contributed by atoms with E-state index in [-0.39, 0.29) is 6.42 Å². The Morgan fingerprint density at radius 1 is 1.08 bits per heavy atom. The summed E-state index contributed by atoms with van der Waals surface area (Å²) in [7, 11) is 0. The highest BCUT2D eigenvalue weighted by Crippen LogP contribution is 2.22. The first-order chi connectivity index (χ1) is 5.98. The molecule has 4 heteroatoms. The molecule has 0 saturated carbocycles. The van der Waals surface area contributed by atoms with Gasteiger partial charge >= 0.3 is 6.18 Å². The van der Waals surface area contributed by atoms with Crippen molar-refractivity contribution in [3.8, 4) is 0 Å². The zero-order valence-corrected chi connectivity index (χ0v) is 8.03. The number of halogens is 3. The van der Waals surface area contributed by atoms with Gasteiger partial charge < -0.3 is 5.73 Å². The van der Waals surface area contributed by atoms with E-state index < -0.39 is 12.2 Å². The van der Waals surface area contributed by atoms with Gasteiger partial charge in [-0.15, -0.1) is 0 Å². The lowest BCUT2D eigenvalue weighted by Crippen LogP contribution is -2.37. The summed E-state index contributed by atoms with van der Waals surface area (Å²) in [5.41, 5.74) is 4.94. The lowest BCUT2D eigenvalue weighted by Gasteiger charge is -2.14. The molecule has 0 aromatic carbocycles. The van der Waals surface area contributed by atoms with Gasteiger partial charge in [-0.3, -0.25) is 0 Å². The van der Waals surface area contributed by atoms with Gasteiger partial charge in [-0.05, 0) is 6.42 Å². The molecule has 2 N–H and O–H groups in total. The molecule has 0 saturated heterocycles. The summed E-state index contributed by atoms with van der Waals surface area (Å²) in [5, 5.41) is 0. The monoisotopic (exact) mass is 197 g/mol. The summed E-state index contributed by atoms with van der Waals surface area (Å²) in [6, 6.07) is -1.63. The predicted octanol–water partition coefficient (Wildman–Crippen LogP) is 3.24. The second kappa shape index (κ2) is 6.24. The minimum Gasteiger partial charge on any atom is -0.320 e. The fraction of sp³-hybridized carbons (Fsp3) is 1.00. The molecule has 0 radical (unpaired) electrons. The van der Waals surface area contributed by atoms with Crippen molar-refractivity contribution in [2.24, 2.45) is 5.73 Å². The third-order valence-electron chi connectivity index (χ3n) is 2.04. The molecule has 0 aromatic rings. The standard InChI is InChI=1S/C9H18F3N/c1-2-3-4-5-6-7-8(13)9(10,11)12/h8H,2-7,13H2,1H3/t8-/m0/s1. The third-order valence-corrected chi connectivity index (χ3v) is 2.04. The average molecular weight is 197 g/mol. The molecule has 0 fully saturated rings. The number of rotatable bonds is 6. The number of nitrogens with two attached hydrogens (primary N) is 1. The maximum absolute atomic E-state index is 11.9. The molecule has 0 aliphatic heterocycles. The van der Waals surface area contributed by atoms with Crippen molar-refractivity contribution in [3.05, 3.63) is 0 Å². The van der Waals surface area contributed by atoms with Crippen LogP contribution in [0.2, 0.25) is 0 Å². The van der Waals surface area contributed by atoms with Gasteiger partial charge in [0.25, 0.3) is 0 Å².